The summed E-state index contributed by atoms with van der Waals surface area (Å²) in [5.74, 6) is -0.371. The number of carbonyl (C=O) groups is 1. The zero-order valence-electron chi connectivity index (χ0n) is 15.6. The van der Waals surface area contributed by atoms with Gasteiger partial charge in [-0.2, -0.15) is 0 Å². The molecule has 1 aliphatic rings. The highest BCUT2D eigenvalue weighted by molar-refractivity contribution is 6.05. The van der Waals surface area contributed by atoms with Gasteiger partial charge in [0.05, 0.1) is 23.4 Å². The van der Waals surface area contributed by atoms with E-state index in [4.69, 9.17) is 14.2 Å². The molecule has 26 heavy (non-hydrogen) atoms. The van der Waals surface area contributed by atoms with Crippen molar-refractivity contribution in [1.29, 1.82) is 0 Å². The Labute approximate surface area is 153 Å². The highest BCUT2D eigenvalue weighted by Crippen LogP contribution is 2.31. The summed E-state index contributed by atoms with van der Waals surface area (Å²) >= 11 is 0. The minimum Gasteiger partial charge on any atom is -0.462 e. The molecule has 1 aliphatic heterocycles. The largest absolute Gasteiger partial charge is 0.462 e. The first kappa shape index (κ1) is 18.6. The predicted molar refractivity (Wildman–Crippen MR) is 101 cm³/mol. The first-order chi connectivity index (χ1) is 12.6. The normalized spacial score (nSPS) is 16.4. The van der Waals surface area contributed by atoms with Crippen LogP contribution >= 0.6 is 0 Å². The van der Waals surface area contributed by atoms with Gasteiger partial charge in [0.25, 0.3) is 0 Å². The molecule has 0 aliphatic carbocycles. The number of rotatable bonds is 6. The van der Waals surface area contributed by atoms with Crippen LogP contribution in [0.1, 0.15) is 35.7 Å². The van der Waals surface area contributed by atoms with Gasteiger partial charge in [0, 0.05) is 51.3 Å². The minimum atomic E-state index is -0.371. The van der Waals surface area contributed by atoms with Crippen LogP contribution in [0.3, 0.4) is 0 Å². The van der Waals surface area contributed by atoms with Gasteiger partial charge in [0.1, 0.15) is 5.56 Å². The number of aromatic nitrogens is 1. The van der Waals surface area contributed by atoms with E-state index in [1.807, 2.05) is 25.1 Å². The second-order valence-corrected chi connectivity index (χ2v) is 6.59. The molecule has 1 saturated heterocycles. The number of hydrogen-bond acceptors (Lipinski definition) is 6. The summed E-state index contributed by atoms with van der Waals surface area (Å²) in [4.78, 5) is 16.9. The molecule has 0 radical (unpaired) electrons. The van der Waals surface area contributed by atoms with E-state index in [0.717, 1.165) is 35.0 Å². The maximum Gasteiger partial charge on any atom is 0.341 e. The number of aryl methyl sites for hydroxylation is 1. The zero-order valence-corrected chi connectivity index (χ0v) is 15.6. The van der Waals surface area contributed by atoms with Crippen molar-refractivity contribution < 1.29 is 19.0 Å². The monoisotopic (exact) mass is 358 g/mol. The number of para-hydroxylation sites is 1. The first-order valence-corrected chi connectivity index (χ1v) is 9.02. The second-order valence-electron chi connectivity index (χ2n) is 6.59. The predicted octanol–water partition coefficient (Wildman–Crippen LogP) is 3.33. The Kier molecular flexibility index (Phi) is 5.74. The van der Waals surface area contributed by atoms with Crippen molar-refractivity contribution in [3.8, 4) is 0 Å². The van der Waals surface area contributed by atoms with Crippen molar-refractivity contribution in [3.63, 3.8) is 0 Å². The Morgan fingerprint density at radius 3 is 2.81 bits per heavy atom. The van der Waals surface area contributed by atoms with Crippen LogP contribution in [0.2, 0.25) is 0 Å². The maximum atomic E-state index is 12.4. The van der Waals surface area contributed by atoms with Crippen LogP contribution in [0.5, 0.6) is 0 Å². The Morgan fingerprint density at radius 2 is 2.12 bits per heavy atom. The Hall–Kier alpha value is -2.18. The van der Waals surface area contributed by atoms with Crippen LogP contribution in [0.15, 0.2) is 24.4 Å². The van der Waals surface area contributed by atoms with Gasteiger partial charge in [-0.3, -0.25) is 4.98 Å². The molecule has 140 valence electrons. The van der Waals surface area contributed by atoms with E-state index in [1.54, 1.807) is 20.2 Å². The average Bonchev–Trinajstić information content (AvgIpc) is 2.67. The number of pyridine rings is 1. The molecule has 6 heteroatoms. The number of hydrogen-bond donors (Lipinski definition) is 1. The number of anilines is 1. The van der Waals surface area contributed by atoms with Gasteiger partial charge in [-0.1, -0.05) is 18.2 Å². The van der Waals surface area contributed by atoms with Gasteiger partial charge in [-0.25, -0.2) is 4.79 Å². The van der Waals surface area contributed by atoms with E-state index in [1.165, 1.54) is 0 Å². The molecule has 0 amide bonds. The highest BCUT2D eigenvalue weighted by atomic mass is 16.5. The SMILES string of the molecule is CCOC(=O)c1cnc2c(C)cccc2c1NCC1(OC)CCOCC1. The van der Waals surface area contributed by atoms with Gasteiger partial charge >= 0.3 is 5.97 Å². The number of benzene rings is 1. The molecule has 1 fully saturated rings. The summed E-state index contributed by atoms with van der Waals surface area (Å²) in [5, 5.41) is 4.37. The lowest BCUT2D eigenvalue weighted by molar-refractivity contribution is -0.0807. The Balaban J connectivity index is 1.99. The standard InChI is InChI=1S/C20H26N2O4/c1-4-26-19(23)16-12-21-17-14(2)6-5-7-15(17)18(16)22-13-20(24-3)8-10-25-11-9-20/h5-7,12H,4,8-11,13H2,1-3H3,(H,21,22). The van der Waals surface area contributed by atoms with Crippen molar-refractivity contribution in [2.75, 3.05) is 38.8 Å². The minimum absolute atomic E-state index is 0.302. The van der Waals surface area contributed by atoms with E-state index in [9.17, 15) is 4.79 Å². The molecule has 0 unspecified atom stereocenters. The molecule has 1 aromatic heterocycles. The van der Waals surface area contributed by atoms with Crippen LogP contribution in [0, 0.1) is 6.92 Å². The number of nitrogens with zero attached hydrogens (tertiary/aromatic N) is 1. The van der Waals surface area contributed by atoms with E-state index in [-0.39, 0.29) is 11.6 Å². The summed E-state index contributed by atoms with van der Waals surface area (Å²) in [5.41, 5.74) is 2.84. The summed E-state index contributed by atoms with van der Waals surface area (Å²) in [7, 11) is 1.73. The lowest BCUT2D eigenvalue weighted by Crippen LogP contribution is -2.44. The quantitative estimate of drug-likeness (QED) is 0.799. The molecule has 3 rings (SSSR count). The van der Waals surface area contributed by atoms with Gasteiger partial charge in [0.15, 0.2) is 0 Å². The molecule has 0 saturated carbocycles. The third kappa shape index (κ3) is 3.66. The first-order valence-electron chi connectivity index (χ1n) is 9.02. The number of carbonyl (C=O) groups excluding carboxylic acids is 1. The highest BCUT2D eigenvalue weighted by Gasteiger charge is 2.33. The van der Waals surface area contributed by atoms with E-state index in [2.05, 4.69) is 10.3 Å². The molecule has 0 bridgehead atoms. The molecule has 0 atom stereocenters. The van der Waals surface area contributed by atoms with E-state index >= 15 is 0 Å². The van der Waals surface area contributed by atoms with Crippen LogP contribution in [-0.4, -0.2) is 50.0 Å². The number of ether oxygens (including phenoxy) is 3. The van der Waals surface area contributed by atoms with Crippen molar-refractivity contribution in [1.82, 2.24) is 4.98 Å². The van der Waals surface area contributed by atoms with Crippen LogP contribution in [-0.2, 0) is 14.2 Å². The van der Waals surface area contributed by atoms with Gasteiger partial charge in [0.2, 0.25) is 0 Å². The van der Waals surface area contributed by atoms with Crippen molar-refractivity contribution in [2.24, 2.45) is 0 Å². The van der Waals surface area contributed by atoms with Gasteiger partial charge in [-0.15, -0.1) is 0 Å². The van der Waals surface area contributed by atoms with Crippen molar-refractivity contribution >= 4 is 22.6 Å². The topological polar surface area (TPSA) is 69.7 Å². The molecular formula is C20H26N2O4. The van der Waals surface area contributed by atoms with Gasteiger partial charge < -0.3 is 19.5 Å². The van der Waals surface area contributed by atoms with Crippen molar-refractivity contribution in [2.45, 2.75) is 32.3 Å². The summed E-state index contributed by atoms with van der Waals surface area (Å²) in [6, 6.07) is 5.96. The molecule has 1 N–H and O–H groups in total. The fourth-order valence-corrected chi connectivity index (χ4v) is 3.37. The van der Waals surface area contributed by atoms with Crippen LogP contribution in [0.4, 0.5) is 5.69 Å². The maximum absolute atomic E-state index is 12.4. The van der Waals surface area contributed by atoms with Crippen LogP contribution in [0.25, 0.3) is 10.9 Å². The number of esters is 1. The lowest BCUT2D eigenvalue weighted by atomic mass is 9.93. The molecule has 0 spiro atoms. The van der Waals surface area contributed by atoms with Gasteiger partial charge in [-0.05, 0) is 19.4 Å². The second kappa shape index (κ2) is 8.01. The number of fused-ring (bicyclic) bond motifs is 1. The molecule has 2 aromatic rings. The molecule has 6 nitrogen and oxygen atoms in total. The average molecular weight is 358 g/mol. The lowest BCUT2D eigenvalue weighted by Gasteiger charge is -2.36. The molecular weight excluding hydrogens is 332 g/mol. The summed E-state index contributed by atoms with van der Waals surface area (Å²) in [6.07, 6.45) is 3.22. The van der Waals surface area contributed by atoms with E-state index < -0.39 is 0 Å². The smallest absolute Gasteiger partial charge is 0.341 e. The fourth-order valence-electron chi connectivity index (χ4n) is 3.37. The summed E-state index contributed by atoms with van der Waals surface area (Å²) in [6.45, 7) is 6.08. The molecule has 1 aromatic carbocycles. The van der Waals surface area contributed by atoms with Crippen molar-refractivity contribution in [3.05, 3.63) is 35.5 Å². The molecule has 2 heterocycles. The third-order valence-corrected chi connectivity index (χ3v) is 5.02. The summed E-state index contributed by atoms with van der Waals surface area (Å²) < 4.78 is 16.5. The fraction of sp³-hybridized carbons (Fsp3) is 0.500. The van der Waals surface area contributed by atoms with E-state index in [0.29, 0.717) is 31.9 Å². The Morgan fingerprint density at radius 1 is 1.35 bits per heavy atom. The van der Waals surface area contributed by atoms with Crippen LogP contribution < -0.4 is 5.32 Å². The Bertz CT molecular complexity index is 785. The third-order valence-electron chi connectivity index (χ3n) is 5.02. The number of nitrogens with one attached hydrogen (secondary N) is 1. The number of methoxy groups -OCH3 is 1. The zero-order chi connectivity index (χ0) is 18.6.